The molecule has 168 valence electrons. The van der Waals surface area contributed by atoms with E-state index in [9.17, 15) is 31.1 Å². The Balaban J connectivity index is 1.48. The van der Waals surface area contributed by atoms with E-state index < -0.39 is 23.5 Å². The number of aromatic nitrogens is 1. The van der Waals surface area contributed by atoms with Crippen molar-refractivity contribution in [1.29, 1.82) is 0 Å². The molecule has 2 aliphatic rings. The molecule has 3 heterocycles. The quantitative estimate of drug-likeness (QED) is 0.656. The van der Waals surface area contributed by atoms with Crippen molar-refractivity contribution in [2.75, 3.05) is 19.6 Å². The number of rotatable bonds is 3. The van der Waals surface area contributed by atoms with Crippen molar-refractivity contribution < 1.29 is 26.3 Å². The van der Waals surface area contributed by atoms with Gasteiger partial charge in [-0.3, -0.25) is 19.3 Å². The zero-order valence-corrected chi connectivity index (χ0v) is 17.1. The van der Waals surface area contributed by atoms with Crippen LogP contribution in [0.1, 0.15) is 29.5 Å². The highest BCUT2D eigenvalue weighted by Gasteiger charge is 2.38. The largest absolute Gasteiger partial charge is 0.416 e. The van der Waals surface area contributed by atoms with Gasteiger partial charge in [0.1, 0.15) is 5.49 Å². The van der Waals surface area contributed by atoms with Gasteiger partial charge in [-0.25, -0.2) is 0 Å². The molecule has 4 rings (SSSR count). The van der Waals surface area contributed by atoms with Crippen molar-refractivity contribution in [2.45, 2.75) is 38.3 Å². The first kappa shape index (κ1) is 22.1. The summed E-state index contributed by atoms with van der Waals surface area (Å²) >= 11 is 1.15. The summed E-state index contributed by atoms with van der Waals surface area (Å²) in [4.78, 5) is 18.1. The average molecular weight is 463 g/mol. The number of thiazole rings is 1. The van der Waals surface area contributed by atoms with Crippen molar-refractivity contribution in [1.82, 2.24) is 9.47 Å². The van der Waals surface area contributed by atoms with Gasteiger partial charge in [-0.15, -0.1) is 0 Å². The standard InChI is InChI=1S/C20H19F6N3OS/c21-19(22,23)14-2-1-13(15(10-14)20(24,25)26)11-28-6-3-12(4-7-28)9-16-17-27-5-8-29(17)18(30)31-16/h1-2,9-10,12H,3-8,11H2/b16-9-. The van der Waals surface area contributed by atoms with Crippen molar-refractivity contribution in [3.63, 3.8) is 0 Å². The molecule has 1 fully saturated rings. The Bertz CT molecular complexity index is 1140. The fraction of sp³-hybridized carbons (Fsp3) is 0.500. The minimum absolute atomic E-state index is 0.0399. The van der Waals surface area contributed by atoms with Crippen molar-refractivity contribution in [2.24, 2.45) is 10.9 Å². The Labute approximate surface area is 177 Å². The van der Waals surface area contributed by atoms with E-state index in [4.69, 9.17) is 0 Å². The third-order valence-electron chi connectivity index (χ3n) is 5.63. The van der Waals surface area contributed by atoms with Gasteiger partial charge in [0, 0.05) is 13.1 Å². The first-order valence-corrected chi connectivity index (χ1v) is 10.6. The van der Waals surface area contributed by atoms with Crippen LogP contribution in [-0.2, 0) is 25.4 Å². The Morgan fingerprint density at radius 1 is 1.06 bits per heavy atom. The Hall–Kier alpha value is -2.14. The Morgan fingerprint density at radius 2 is 1.77 bits per heavy atom. The van der Waals surface area contributed by atoms with Gasteiger partial charge in [-0.1, -0.05) is 23.5 Å². The highest BCUT2D eigenvalue weighted by molar-refractivity contribution is 7.07. The predicted molar refractivity (Wildman–Crippen MR) is 103 cm³/mol. The number of alkyl halides is 6. The molecule has 2 aliphatic heterocycles. The summed E-state index contributed by atoms with van der Waals surface area (Å²) in [5.74, 6) is 0.171. The van der Waals surface area contributed by atoms with Crippen LogP contribution in [0.5, 0.6) is 0 Å². The molecular weight excluding hydrogens is 444 g/mol. The van der Waals surface area contributed by atoms with Crippen LogP contribution in [0, 0.1) is 5.92 Å². The maximum atomic E-state index is 13.4. The van der Waals surface area contributed by atoms with E-state index in [1.54, 1.807) is 4.57 Å². The second-order valence-electron chi connectivity index (χ2n) is 7.74. The molecule has 0 unspecified atom stereocenters. The number of nitrogens with zero attached hydrogens (tertiary/aromatic N) is 3. The molecule has 0 N–H and O–H groups in total. The molecule has 0 spiro atoms. The molecule has 2 aromatic rings. The fourth-order valence-corrected chi connectivity index (χ4v) is 5.03. The van der Waals surface area contributed by atoms with Crippen LogP contribution in [0.25, 0.3) is 6.08 Å². The number of hydrogen-bond donors (Lipinski definition) is 0. The number of fused-ring (bicyclic) bond motifs is 1. The average Bonchev–Trinajstić information content (AvgIpc) is 3.27. The molecule has 31 heavy (non-hydrogen) atoms. The van der Waals surface area contributed by atoms with Gasteiger partial charge < -0.3 is 0 Å². The van der Waals surface area contributed by atoms with E-state index in [0.29, 0.717) is 50.6 Å². The Kier molecular flexibility index (Phi) is 5.76. The summed E-state index contributed by atoms with van der Waals surface area (Å²) in [6, 6.07) is 1.81. The van der Waals surface area contributed by atoms with E-state index in [2.05, 4.69) is 4.99 Å². The summed E-state index contributed by atoms with van der Waals surface area (Å²) in [7, 11) is 0. The van der Waals surface area contributed by atoms with Gasteiger partial charge >= 0.3 is 17.2 Å². The summed E-state index contributed by atoms with van der Waals surface area (Å²) in [6.07, 6.45) is -6.30. The van der Waals surface area contributed by atoms with Gasteiger partial charge in [0.25, 0.3) is 0 Å². The van der Waals surface area contributed by atoms with Crippen molar-refractivity contribution >= 4 is 17.4 Å². The molecule has 4 nitrogen and oxygen atoms in total. The van der Waals surface area contributed by atoms with E-state index in [-0.39, 0.29) is 29.0 Å². The van der Waals surface area contributed by atoms with E-state index in [1.807, 2.05) is 11.0 Å². The molecule has 11 heteroatoms. The summed E-state index contributed by atoms with van der Waals surface area (Å²) < 4.78 is 81.1. The molecule has 1 aromatic carbocycles. The van der Waals surface area contributed by atoms with Crippen LogP contribution in [0.2, 0.25) is 0 Å². The van der Waals surface area contributed by atoms with Crippen LogP contribution in [0.15, 0.2) is 28.0 Å². The van der Waals surface area contributed by atoms with Crippen LogP contribution >= 0.6 is 11.3 Å². The van der Waals surface area contributed by atoms with E-state index in [0.717, 1.165) is 21.9 Å². The maximum Gasteiger partial charge on any atom is 0.416 e. The Morgan fingerprint density at radius 3 is 2.42 bits per heavy atom. The molecular formula is C20H19F6N3OS. The molecule has 0 radical (unpaired) electrons. The topological polar surface area (TPSA) is 37.6 Å². The lowest BCUT2D eigenvalue weighted by Crippen LogP contribution is -2.34. The van der Waals surface area contributed by atoms with Crippen LogP contribution in [0.4, 0.5) is 26.3 Å². The zero-order chi connectivity index (χ0) is 22.4. The number of likely N-dealkylation sites (tertiary alicyclic amines) is 1. The summed E-state index contributed by atoms with van der Waals surface area (Å²) in [5.41, 5.74) is -2.00. The van der Waals surface area contributed by atoms with E-state index >= 15 is 0 Å². The van der Waals surface area contributed by atoms with Gasteiger partial charge in [-0.05, 0) is 49.5 Å². The molecule has 1 saturated heterocycles. The predicted octanol–water partition coefficient (Wildman–Crippen LogP) is 3.27. The van der Waals surface area contributed by atoms with Crippen LogP contribution in [0.3, 0.4) is 0 Å². The third kappa shape index (κ3) is 4.72. The molecule has 0 aliphatic carbocycles. The van der Waals surface area contributed by atoms with E-state index in [1.165, 1.54) is 0 Å². The first-order chi connectivity index (χ1) is 14.5. The molecule has 0 atom stereocenters. The second kappa shape index (κ2) is 8.09. The highest BCUT2D eigenvalue weighted by Crippen LogP contribution is 2.38. The van der Waals surface area contributed by atoms with Crippen LogP contribution in [-0.4, -0.2) is 29.1 Å². The van der Waals surface area contributed by atoms with Gasteiger partial charge in [0.05, 0.1) is 22.2 Å². The third-order valence-corrected chi connectivity index (χ3v) is 6.57. The minimum Gasteiger partial charge on any atom is -0.299 e. The molecule has 0 bridgehead atoms. The number of piperidine rings is 1. The number of hydrogen-bond acceptors (Lipinski definition) is 4. The first-order valence-electron chi connectivity index (χ1n) is 9.78. The minimum atomic E-state index is -4.86. The highest BCUT2D eigenvalue weighted by atomic mass is 32.1. The molecule has 0 saturated carbocycles. The van der Waals surface area contributed by atoms with Gasteiger partial charge in [0.15, 0.2) is 0 Å². The van der Waals surface area contributed by atoms with Crippen molar-refractivity contribution in [3.05, 3.63) is 54.6 Å². The maximum absolute atomic E-state index is 13.4. The lowest BCUT2D eigenvalue weighted by molar-refractivity contribution is -0.143. The summed E-state index contributed by atoms with van der Waals surface area (Å²) in [6.45, 7) is 2.14. The van der Waals surface area contributed by atoms with Crippen LogP contribution < -0.4 is 14.9 Å². The smallest absolute Gasteiger partial charge is 0.299 e. The normalized spacial score (nSPS) is 19.0. The van der Waals surface area contributed by atoms with Gasteiger partial charge in [-0.2, -0.15) is 26.3 Å². The SMILES string of the molecule is O=c1s/c(=C\C2CCN(Cc3ccc(C(F)(F)F)cc3C(F)(F)F)CC2)c2n1CCN=2. The lowest BCUT2D eigenvalue weighted by atomic mass is 9.95. The van der Waals surface area contributed by atoms with Crippen molar-refractivity contribution in [3.8, 4) is 0 Å². The fourth-order valence-electron chi connectivity index (χ4n) is 4.03. The number of benzene rings is 1. The number of halogens is 6. The lowest BCUT2D eigenvalue weighted by Gasteiger charge is -2.31. The second-order valence-corrected chi connectivity index (χ2v) is 8.73. The zero-order valence-electron chi connectivity index (χ0n) is 16.3. The monoisotopic (exact) mass is 463 g/mol. The summed E-state index contributed by atoms with van der Waals surface area (Å²) in [5, 5.41) is 0. The van der Waals surface area contributed by atoms with Gasteiger partial charge in [0.2, 0.25) is 0 Å². The molecule has 1 aromatic heterocycles. The molecule has 0 amide bonds.